The van der Waals surface area contributed by atoms with Crippen molar-refractivity contribution >= 4 is 34.1 Å². The maximum Gasteiger partial charge on any atom is 0.248 e. The lowest BCUT2D eigenvalue weighted by atomic mass is 10.0. The Balaban J connectivity index is 2.20. The fourth-order valence-electron chi connectivity index (χ4n) is 2.05. The van der Waals surface area contributed by atoms with Gasteiger partial charge in [0.1, 0.15) is 0 Å². The van der Waals surface area contributed by atoms with Crippen LogP contribution in [0.5, 0.6) is 0 Å². The molecule has 3 aromatic rings. The van der Waals surface area contributed by atoms with Crippen LogP contribution in [0.2, 0.25) is 10.0 Å². The van der Waals surface area contributed by atoms with Crippen molar-refractivity contribution in [2.75, 3.05) is 0 Å². The van der Waals surface area contributed by atoms with Gasteiger partial charge in [0.15, 0.2) is 0 Å². The van der Waals surface area contributed by atoms with Crippen molar-refractivity contribution in [1.82, 2.24) is 4.98 Å². The molecular weight excluding hydrogens is 281 g/mol. The average molecular weight is 290 g/mol. The summed E-state index contributed by atoms with van der Waals surface area (Å²) in [5.41, 5.74) is 2.60. The Hall–Kier alpha value is -1.77. The highest BCUT2D eigenvalue weighted by atomic mass is 35.5. The van der Waals surface area contributed by atoms with Crippen molar-refractivity contribution in [1.29, 1.82) is 0 Å². The van der Waals surface area contributed by atoms with E-state index in [0.717, 1.165) is 22.0 Å². The topological polar surface area (TPSA) is 32.9 Å². The zero-order valence-electron chi connectivity index (χ0n) is 9.78. The first-order valence-corrected chi connectivity index (χ1v) is 6.47. The first kappa shape index (κ1) is 12.3. The molecule has 0 aliphatic carbocycles. The van der Waals surface area contributed by atoms with E-state index in [1.54, 1.807) is 18.2 Å². The van der Waals surface area contributed by atoms with Gasteiger partial charge in [0.05, 0.1) is 0 Å². The molecule has 94 valence electrons. The van der Waals surface area contributed by atoms with Gasteiger partial charge in [-0.3, -0.25) is 4.79 Å². The number of aromatic amines is 1. The zero-order valence-corrected chi connectivity index (χ0v) is 11.3. The van der Waals surface area contributed by atoms with E-state index in [4.69, 9.17) is 23.2 Å². The highest BCUT2D eigenvalue weighted by Gasteiger charge is 2.05. The Morgan fingerprint density at radius 3 is 2.53 bits per heavy atom. The van der Waals surface area contributed by atoms with Crippen LogP contribution < -0.4 is 5.56 Å². The molecule has 0 bridgehead atoms. The number of fused-ring (bicyclic) bond motifs is 1. The molecule has 4 heteroatoms. The summed E-state index contributed by atoms with van der Waals surface area (Å²) in [6, 6.07) is 14.5. The summed E-state index contributed by atoms with van der Waals surface area (Å²) in [5, 5.41) is 2.18. The molecule has 1 aromatic heterocycles. The normalized spacial score (nSPS) is 10.8. The van der Waals surface area contributed by atoms with E-state index in [1.807, 2.05) is 24.3 Å². The molecule has 2 aromatic carbocycles. The standard InChI is InChI=1S/C15H9Cl2NO/c16-11-3-4-12(13(17)8-11)9-1-5-14-10(7-9)2-6-15(19)18-14/h1-8H,(H,18,19). The number of nitrogens with one attached hydrogen (secondary N) is 1. The summed E-state index contributed by atoms with van der Waals surface area (Å²) in [7, 11) is 0. The monoisotopic (exact) mass is 289 g/mol. The van der Waals surface area contributed by atoms with Crippen molar-refractivity contribution in [2.24, 2.45) is 0 Å². The number of hydrogen-bond donors (Lipinski definition) is 1. The third kappa shape index (κ3) is 2.37. The van der Waals surface area contributed by atoms with Crippen LogP contribution in [-0.2, 0) is 0 Å². The van der Waals surface area contributed by atoms with Crippen LogP contribution in [0.25, 0.3) is 22.0 Å². The Morgan fingerprint density at radius 2 is 1.74 bits per heavy atom. The van der Waals surface area contributed by atoms with Gasteiger partial charge in [-0.25, -0.2) is 0 Å². The van der Waals surface area contributed by atoms with E-state index in [2.05, 4.69) is 4.98 Å². The number of hydrogen-bond acceptors (Lipinski definition) is 1. The predicted octanol–water partition coefficient (Wildman–Crippen LogP) is 4.50. The summed E-state index contributed by atoms with van der Waals surface area (Å²) in [6.45, 7) is 0. The molecule has 0 saturated heterocycles. The number of pyridine rings is 1. The van der Waals surface area contributed by atoms with Gasteiger partial charge in [-0.15, -0.1) is 0 Å². The molecule has 2 nitrogen and oxygen atoms in total. The third-order valence-corrected chi connectivity index (χ3v) is 3.51. The Bertz CT molecular complexity index is 824. The van der Waals surface area contributed by atoms with E-state index in [9.17, 15) is 4.79 Å². The first-order valence-electron chi connectivity index (χ1n) is 5.72. The maximum absolute atomic E-state index is 11.2. The van der Waals surface area contributed by atoms with Gasteiger partial charge in [0, 0.05) is 27.2 Å². The van der Waals surface area contributed by atoms with Gasteiger partial charge >= 0.3 is 0 Å². The fourth-order valence-corrected chi connectivity index (χ4v) is 2.56. The van der Waals surface area contributed by atoms with Gasteiger partial charge < -0.3 is 4.98 Å². The van der Waals surface area contributed by atoms with Crippen molar-refractivity contribution in [3.63, 3.8) is 0 Å². The molecule has 0 unspecified atom stereocenters. The summed E-state index contributed by atoms with van der Waals surface area (Å²) in [5.74, 6) is 0. The molecule has 1 heterocycles. The minimum atomic E-state index is -0.107. The second-order valence-corrected chi connectivity index (χ2v) is 5.09. The lowest BCUT2D eigenvalue weighted by Crippen LogP contribution is -2.01. The van der Waals surface area contributed by atoms with E-state index in [-0.39, 0.29) is 5.56 Å². The number of halogens is 2. The molecule has 0 amide bonds. The quantitative estimate of drug-likeness (QED) is 0.703. The van der Waals surface area contributed by atoms with Crippen LogP contribution in [0.15, 0.2) is 53.3 Å². The lowest BCUT2D eigenvalue weighted by Gasteiger charge is -2.06. The molecule has 0 saturated carbocycles. The Labute approximate surface area is 119 Å². The molecule has 0 aliphatic rings. The number of rotatable bonds is 1. The van der Waals surface area contributed by atoms with Gasteiger partial charge in [0.25, 0.3) is 0 Å². The van der Waals surface area contributed by atoms with Gasteiger partial charge in [-0.1, -0.05) is 35.3 Å². The minimum absolute atomic E-state index is 0.107. The first-order chi connectivity index (χ1) is 9.13. The van der Waals surface area contributed by atoms with Gasteiger partial charge in [-0.05, 0) is 41.3 Å². The lowest BCUT2D eigenvalue weighted by molar-refractivity contribution is 1.31. The molecule has 0 radical (unpaired) electrons. The van der Waals surface area contributed by atoms with Crippen LogP contribution in [0.4, 0.5) is 0 Å². The van der Waals surface area contributed by atoms with Crippen LogP contribution in [0.1, 0.15) is 0 Å². The second-order valence-electron chi connectivity index (χ2n) is 4.25. The Morgan fingerprint density at radius 1 is 0.895 bits per heavy atom. The zero-order chi connectivity index (χ0) is 13.4. The van der Waals surface area contributed by atoms with E-state index < -0.39 is 0 Å². The number of H-pyrrole nitrogens is 1. The van der Waals surface area contributed by atoms with Crippen LogP contribution in [0.3, 0.4) is 0 Å². The fraction of sp³-hybridized carbons (Fsp3) is 0. The highest BCUT2D eigenvalue weighted by molar-refractivity contribution is 6.36. The van der Waals surface area contributed by atoms with Crippen LogP contribution in [0, 0.1) is 0 Å². The molecule has 0 spiro atoms. The van der Waals surface area contributed by atoms with E-state index in [0.29, 0.717) is 10.0 Å². The molecular formula is C15H9Cl2NO. The van der Waals surface area contributed by atoms with Crippen molar-refractivity contribution in [3.05, 3.63) is 68.9 Å². The van der Waals surface area contributed by atoms with Gasteiger partial charge in [-0.2, -0.15) is 0 Å². The van der Waals surface area contributed by atoms with E-state index in [1.165, 1.54) is 6.07 Å². The largest absolute Gasteiger partial charge is 0.322 e. The summed E-state index contributed by atoms with van der Waals surface area (Å²) >= 11 is 12.1. The molecule has 0 atom stereocenters. The summed E-state index contributed by atoms with van der Waals surface area (Å²) in [4.78, 5) is 14.0. The summed E-state index contributed by atoms with van der Waals surface area (Å²) < 4.78 is 0. The van der Waals surface area contributed by atoms with Crippen molar-refractivity contribution < 1.29 is 0 Å². The van der Waals surface area contributed by atoms with Crippen molar-refractivity contribution in [3.8, 4) is 11.1 Å². The predicted molar refractivity (Wildman–Crippen MR) is 80.0 cm³/mol. The minimum Gasteiger partial charge on any atom is -0.322 e. The van der Waals surface area contributed by atoms with E-state index >= 15 is 0 Å². The van der Waals surface area contributed by atoms with Crippen molar-refractivity contribution in [2.45, 2.75) is 0 Å². The number of benzene rings is 2. The molecule has 3 rings (SSSR count). The maximum atomic E-state index is 11.2. The molecule has 0 aliphatic heterocycles. The van der Waals surface area contributed by atoms with Crippen LogP contribution >= 0.6 is 23.2 Å². The smallest absolute Gasteiger partial charge is 0.248 e. The van der Waals surface area contributed by atoms with Gasteiger partial charge in [0.2, 0.25) is 5.56 Å². The third-order valence-electron chi connectivity index (χ3n) is 2.97. The number of aromatic nitrogens is 1. The SMILES string of the molecule is O=c1ccc2cc(-c3ccc(Cl)cc3Cl)ccc2[nH]1. The highest BCUT2D eigenvalue weighted by Crippen LogP contribution is 2.31. The van der Waals surface area contributed by atoms with Crippen LogP contribution in [-0.4, -0.2) is 4.98 Å². The Kier molecular flexibility index (Phi) is 3.05. The second kappa shape index (κ2) is 4.72. The average Bonchev–Trinajstić information content (AvgIpc) is 2.38. The molecule has 0 fully saturated rings. The summed E-state index contributed by atoms with van der Waals surface area (Å²) in [6.07, 6.45) is 0. The molecule has 19 heavy (non-hydrogen) atoms. The molecule has 1 N–H and O–H groups in total.